The largest absolute Gasteiger partial charge is 0.394 e. The molecule has 0 radical (unpaired) electrons. The summed E-state index contributed by atoms with van der Waals surface area (Å²) in [5, 5.41) is 9.04. The standard InChI is InChI=1S/C11H14FN5O2/c1-5-15-9(13)8-10(16-5)17(4-14-8)11-7(12)2-6(3-18)19-11/h4,6-7,11,18H,2-3H2,1H3,(H2,13,15,16). The second-order valence-electron chi connectivity index (χ2n) is 4.56. The number of hydrogen-bond donors (Lipinski definition) is 2. The normalized spacial score (nSPS) is 27.2. The van der Waals surface area contributed by atoms with Crippen molar-refractivity contribution >= 4 is 17.0 Å². The summed E-state index contributed by atoms with van der Waals surface area (Å²) in [6, 6.07) is 0. The molecule has 1 aliphatic heterocycles. The Morgan fingerprint density at radius 3 is 3.05 bits per heavy atom. The maximum Gasteiger partial charge on any atom is 0.168 e. The van der Waals surface area contributed by atoms with Crippen molar-refractivity contribution < 1.29 is 14.2 Å². The number of nitrogens with two attached hydrogens (primary N) is 1. The van der Waals surface area contributed by atoms with Gasteiger partial charge < -0.3 is 15.6 Å². The summed E-state index contributed by atoms with van der Waals surface area (Å²) in [4.78, 5) is 12.3. The maximum atomic E-state index is 14.0. The molecule has 7 nitrogen and oxygen atoms in total. The summed E-state index contributed by atoms with van der Waals surface area (Å²) in [7, 11) is 0. The molecule has 2 aromatic rings. The van der Waals surface area contributed by atoms with Crippen LogP contribution in [0.4, 0.5) is 10.2 Å². The Kier molecular flexibility index (Phi) is 2.83. The molecule has 0 bridgehead atoms. The van der Waals surface area contributed by atoms with E-state index in [0.717, 1.165) is 0 Å². The first-order chi connectivity index (χ1) is 9.10. The lowest BCUT2D eigenvalue weighted by molar-refractivity contribution is -0.0351. The predicted octanol–water partition coefficient (Wildman–Crippen LogP) is 0.335. The van der Waals surface area contributed by atoms with Crippen LogP contribution in [0.25, 0.3) is 11.2 Å². The van der Waals surface area contributed by atoms with E-state index in [2.05, 4.69) is 15.0 Å². The van der Waals surface area contributed by atoms with Crippen molar-refractivity contribution in [3.63, 3.8) is 0 Å². The molecular formula is C11H14FN5O2. The fourth-order valence-electron chi connectivity index (χ4n) is 2.30. The monoisotopic (exact) mass is 267 g/mol. The molecule has 102 valence electrons. The number of aliphatic hydroxyl groups excluding tert-OH is 1. The minimum Gasteiger partial charge on any atom is -0.394 e. The highest BCUT2D eigenvalue weighted by molar-refractivity contribution is 5.81. The van der Waals surface area contributed by atoms with Crippen LogP contribution in [0.3, 0.4) is 0 Å². The van der Waals surface area contributed by atoms with Crippen molar-refractivity contribution in [2.75, 3.05) is 12.3 Å². The molecule has 0 amide bonds. The average Bonchev–Trinajstić information content (AvgIpc) is 2.92. The first kappa shape index (κ1) is 12.2. The smallest absolute Gasteiger partial charge is 0.168 e. The number of halogens is 1. The molecule has 1 aliphatic rings. The Labute approximate surface area is 108 Å². The molecular weight excluding hydrogens is 253 g/mol. The number of nitrogens with zero attached hydrogens (tertiary/aromatic N) is 4. The molecule has 3 unspecified atom stereocenters. The number of aliphatic hydroxyl groups is 1. The highest BCUT2D eigenvalue weighted by Crippen LogP contribution is 2.33. The highest BCUT2D eigenvalue weighted by Gasteiger charge is 2.37. The predicted molar refractivity (Wildman–Crippen MR) is 65.0 cm³/mol. The first-order valence-electron chi connectivity index (χ1n) is 5.97. The lowest BCUT2D eigenvalue weighted by Gasteiger charge is -2.15. The second kappa shape index (κ2) is 4.39. The van der Waals surface area contributed by atoms with Gasteiger partial charge in [0, 0.05) is 6.42 Å². The van der Waals surface area contributed by atoms with Crippen molar-refractivity contribution in [3.05, 3.63) is 12.2 Å². The zero-order chi connectivity index (χ0) is 13.6. The van der Waals surface area contributed by atoms with Gasteiger partial charge in [-0.1, -0.05) is 0 Å². The van der Waals surface area contributed by atoms with E-state index in [1.54, 1.807) is 6.92 Å². The van der Waals surface area contributed by atoms with Gasteiger partial charge in [-0.25, -0.2) is 19.3 Å². The third-order valence-corrected chi connectivity index (χ3v) is 3.17. The van der Waals surface area contributed by atoms with Crippen LogP contribution < -0.4 is 5.73 Å². The van der Waals surface area contributed by atoms with Crippen LogP contribution in [-0.2, 0) is 4.74 Å². The van der Waals surface area contributed by atoms with Gasteiger partial charge in [-0.3, -0.25) is 4.57 Å². The molecule has 3 rings (SSSR count). The van der Waals surface area contributed by atoms with Crippen LogP contribution in [0, 0.1) is 6.92 Å². The van der Waals surface area contributed by atoms with E-state index in [0.29, 0.717) is 17.0 Å². The van der Waals surface area contributed by atoms with E-state index in [1.807, 2.05) is 0 Å². The molecule has 3 heterocycles. The number of rotatable bonds is 2. The van der Waals surface area contributed by atoms with Gasteiger partial charge in [0.1, 0.15) is 17.5 Å². The van der Waals surface area contributed by atoms with Gasteiger partial charge in [-0.2, -0.15) is 0 Å². The van der Waals surface area contributed by atoms with Crippen LogP contribution in [0.5, 0.6) is 0 Å². The fourth-order valence-corrected chi connectivity index (χ4v) is 2.30. The molecule has 19 heavy (non-hydrogen) atoms. The lowest BCUT2D eigenvalue weighted by Crippen LogP contribution is -2.17. The number of anilines is 1. The average molecular weight is 267 g/mol. The summed E-state index contributed by atoms with van der Waals surface area (Å²) in [5.41, 5.74) is 6.62. The van der Waals surface area contributed by atoms with Crippen LogP contribution in [0.2, 0.25) is 0 Å². The molecule has 8 heteroatoms. The van der Waals surface area contributed by atoms with Crippen LogP contribution in [0.15, 0.2) is 6.33 Å². The molecule has 0 spiro atoms. The van der Waals surface area contributed by atoms with Crippen molar-refractivity contribution in [1.82, 2.24) is 19.5 Å². The van der Waals surface area contributed by atoms with E-state index < -0.39 is 18.5 Å². The Morgan fingerprint density at radius 2 is 2.37 bits per heavy atom. The van der Waals surface area contributed by atoms with E-state index in [9.17, 15) is 4.39 Å². The number of fused-ring (bicyclic) bond motifs is 1. The maximum absolute atomic E-state index is 14.0. The SMILES string of the molecule is Cc1nc(N)c2ncn(C3OC(CO)CC3F)c2n1. The zero-order valence-electron chi connectivity index (χ0n) is 10.3. The summed E-state index contributed by atoms with van der Waals surface area (Å²) in [6.07, 6.45) is -0.966. The fraction of sp³-hybridized carbons (Fsp3) is 0.545. The van der Waals surface area contributed by atoms with Crippen molar-refractivity contribution in [2.45, 2.75) is 31.8 Å². The van der Waals surface area contributed by atoms with Crippen molar-refractivity contribution in [3.8, 4) is 0 Å². The van der Waals surface area contributed by atoms with Gasteiger partial charge in [-0.05, 0) is 6.92 Å². The number of alkyl halides is 1. The minimum absolute atomic E-state index is 0.153. The summed E-state index contributed by atoms with van der Waals surface area (Å²) < 4.78 is 20.9. The molecule has 2 aromatic heterocycles. The number of imidazole rings is 1. The van der Waals surface area contributed by atoms with Gasteiger partial charge in [-0.15, -0.1) is 0 Å². The Balaban J connectivity index is 2.06. The molecule has 3 N–H and O–H groups in total. The van der Waals surface area contributed by atoms with Crippen molar-refractivity contribution in [2.24, 2.45) is 0 Å². The van der Waals surface area contributed by atoms with Crippen LogP contribution in [-0.4, -0.2) is 43.5 Å². The summed E-state index contributed by atoms with van der Waals surface area (Å²) in [6.45, 7) is 1.49. The molecule has 0 aliphatic carbocycles. The van der Waals surface area contributed by atoms with Crippen LogP contribution >= 0.6 is 0 Å². The topological polar surface area (TPSA) is 99.1 Å². The highest BCUT2D eigenvalue weighted by atomic mass is 19.1. The van der Waals surface area contributed by atoms with Gasteiger partial charge in [0.2, 0.25) is 0 Å². The number of aromatic nitrogens is 4. The number of nitrogen functional groups attached to an aromatic ring is 1. The third-order valence-electron chi connectivity index (χ3n) is 3.17. The van der Waals surface area contributed by atoms with Gasteiger partial charge in [0.05, 0.1) is 19.0 Å². The summed E-state index contributed by atoms with van der Waals surface area (Å²) >= 11 is 0. The Morgan fingerprint density at radius 1 is 1.58 bits per heavy atom. The van der Waals surface area contributed by atoms with Crippen molar-refractivity contribution in [1.29, 1.82) is 0 Å². The minimum atomic E-state index is -1.22. The third kappa shape index (κ3) is 1.92. The number of hydrogen-bond acceptors (Lipinski definition) is 6. The molecule has 3 atom stereocenters. The first-order valence-corrected chi connectivity index (χ1v) is 5.97. The second-order valence-corrected chi connectivity index (χ2v) is 4.56. The lowest BCUT2D eigenvalue weighted by atomic mass is 10.2. The molecule has 1 fully saturated rings. The quantitative estimate of drug-likeness (QED) is 0.813. The number of aryl methyl sites for hydroxylation is 1. The Bertz CT molecular complexity index is 616. The zero-order valence-corrected chi connectivity index (χ0v) is 10.3. The van der Waals surface area contributed by atoms with E-state index in [-0.39, 0.29) is 18.8 Å². The van der Waals surface area contributed by atoms with E-state index in [1.165, 1.54) is 10.9 Å². The van der Waals surface area contributed by atoms with E-state index >= 15 is 0 Å². The number of ether oxygens (including phenoxy) is 1. The molecule has 1 saturated heterocycles. The van der Waals surface area contributed by atoms with Gasteiger partial charge in [0.15, 0.2) is 17.7 Å². The Hall–Kier alpha value is -1.80. The van der Waals surface area contributed by atoms with Gasteiger partial charge >= 0.3 is 0 Å². The van der Waals surface area contributed by atoms with E-state index in [4.69, 9.17) is 15.6 Å². The van der Waals surface area contributed by atoms with Crippen LogP contribution in [0.1, 0.15) is 18.5 Å². The molecule has 0 aromatic carbocycles. The van der Waals surface area contributed by atoms with Gasteiger partial charge in [0.25, 0.3) is 0 Å². The summed E-state index contributed by atoms with van der Waals surface area (Å²) in [5.74, 6) is 0.743. The molecule has 0 saturated carbocycles.